The van der Waals surface area contributed by atoms with Gasteiger partial charge in [-0.25, -0.2) is 0 Å². The molecule has 17 heavy (non-hydrogen) atoms. The van der Waals surface area contributed by atoms with Crippen molar-refractivity contribution in [3.8, 4) is 0 Å². The average Bonchev–Trinajstić information content (AvgIpc) is 2.74. The van der Waals surface area contributed by atoms with Gasteiger partial charge in [-0.2, -0.15) is 0 Å². The smallest absolute Gasteiger partial charge is 0.0589 e. The molecular weight excluding hydrogens is 232 g/mol. The van der Waals surface area contributed by atoms with E-state index in [1.807, 2.05) is 11.3 Å². The van der Waals surface area contributed by atoms with E-state index >= 15 is 0 Å². The third-order valence-electron chi connectivity index (χ3n) is 3.25. The second-order valence-electron chi connectivity index (χ2n) is 4.54. The first-order valence-electron chi connectivity index (χ1n) is 6.34. The van der Waals surface area contributed by atoms with Crippen LogP contribution in [0.15, 0.2) is 17.5 Å². The molecule has 1 aliphatic rings. The van der Waals surface area contributed by atoms with Gasteiger partial charge >= 0.3 is 0 Å². The van der Waals surface area contributed by atoms with E-state index in [1.54, 1.807) is 7.11 Å². The number of rotatable bonds is 5. The number of thiophene rings is 1. The number of methoxy groups -OCH3 is 1. The first-order chi connectivity index (χ1) is 8.38. The summed E-state index contributed by atoms with van der Waals surface area (Å²) in [6.07, 6.45) is 1.27. The molecule has 1 aromatic heterocycles. The molecule has 0 radical (unpaired) electrons. The van der Waals surface area contributed by atoms with E-state index in [1.165, 1.54) is 37.5 Å². The summed E-state index contributed by atoms with van der Waals surface area (Å²) in [6, 6.07) is 4.38. The highest BCUT2D eigenvalue weighted by Gasteiger charge is 2.14. The first-order valence-corrected chi connectivity index (χ1v) is 7.22. The van der Waals surface area contributed by atoms with Crippen LogP contribution >= 0.6 is 11.3 Å². The molecule has 2 heterocycles. The van der Waals surface area contributed by atoms with E-state index in [2.05, 4.69) is 27.3 Å². The highest BCUT2D eigenvalue weighted by Crippen LogP contribution is 2.13. The van der Waals surface area contributed by atoms with Crippen LogP contribution in [0.1, 0.15) is 11.3 Å². The lowest BCUT2D eigenvalue weighted by molar-refractivity contribution is 0.149. The topological polar surface area (TPSA) is 15.7 Å². The summed E-state index contributed by atoms with van der Waals surface area (Å²) in [4.78, 5) is 6.56. The third kappa shape index (κ3) is 4.39. The van der Waals surface area contributed by atoms with Crippen LogP contribution in [0.5, 0.6) is 0 Å². The van der Waals surface area contributed by atoms with Gasteiger partial charge in [0.25, 0.3) is 0 Å². The Morgan fingerprint density at radius 2 is 2.06 bits per heavy atom. The van der Waals surface area contributed by atoms with Gasteiger partial charge in [0.2, 0.25) is 0 Å². The van der Waals surface area contributed by atoms with Gasteiger partial charge in [-0.15, -0.1) is 11.3 Å². The molecular formula is C13H22N2OS. The monoisotopic (exact) mass is 254 g/mol. The van der Waals surface area contributed by atoms with Crippen molar-refractivity contribution in [1.29, 1.82) is 0 Å². The van der Waals surface area contributed by atoms with E-state index in [9.17, 15) is 0 Å². The number of ether oxygens (including phenoxy) is 1. The Morgan fingerprint density at radius 1 is 1.24 bits per heavy atom. The van der Waals surface area contributed by atoms with Crippen molar-refractivity contribution in [2.45, 2.75) is 13.0 Å². The summed E-state index contributed by atoms with van der Waals surface area (Å²) in [7, 11) is 1.78. The fourth-order valence-corrected chi connectivity index (χ4v) is 3.00. The molecule has 2 rings (SSSR count). The molecule has 3 nitrogen and oxygen atoms in total. The van der Waals surface area contributed by atoms with E-state index in [-0.39, 0.29) is 0 Å². The molecule has 0 aliphatic carbocycles. The van der Waals surface area contributed by atoms with Gasteiger partial charge in [0.1, 0.15) is 0 Å². The Kier molecular flexibility index (Phi) is 5.45. The zero-order chi connectivity index (χ0) is 11.9. The van der Waals surface area contributed by atoms with E-state index in [0.29, 0.717) is 0 Å². The Hall–Kier alpha value is -0.420. The van der Waals surface area contributed by atoms with Crippen LogP contribution in [-0.2, 0) is 11.3 Å². The first kappa shape index (κ1) is 13.0. The summed E-state index contributed by atoms with van der Waals surface area (Å²) < 4.78 is 5.14. The number of nitrogens with zero attached hydrogens (tertiary/aromatic N) is 2. The van der Waals surface area contributed by atoms with Crippen LogP contribution < -0.4 is 0 Å². The molecule has 0 aromatic carbocycles. The Balaban J connectivity index is 1.75. The van der Waals surface area contributed by atoms with Crippen LogP contribution in [-0.4, -0.2) is 56.2 Å². The van der Waals surface area contributed by atoms with Crippen molar-refractivity contribution in [2.24, 2.45) is 0 Å². The molecule has 0 amide bonds. The Bertz CT molecular complexity index is 302. The molecule has 0 unspecified atom stereocenters. The summed E-state index contributed by atoms with van der Waals surface area (Å²) in [5.74, 6) is 0. The highest BCUT2D eigenvalue weighted by molar-refractivity contribution is 7.09. The van der Waals surface area contributed by atoms with E-state index in [4.69, 9.17) is 4.74 Å². The molecule has 0 bridgehead atoms. The summed E-state index contributed by atoms with van der Waals surface area (Å²) in [6.45, 7) is 7.84. The zero-order valence-electron chi connectivity index (χ0n) is 10.6. The molecule has 1 fully saturated rings. The number of hydrogen-bond acceptors (Lipinski definition) is 4. The van der Waals surface area contributed by atoms with Crippen LogP contribution in [0.4, 0.5) is 0 Å². The standard InChI is InChI=1S/C13H22N2OS/c1-16-10-9-14-5-3-6-15(8-7-14)12-13-4-2-11-17-13/h2,4,11H,3,5-10,12H2,1H3. The number of hydrogen-bond donors (Lipinski definition) is 0. The minimum absolute atomic E-state index is 0.852. The van der Waals surface area contributed by atoms with Gasteiger partial charge in [0.05, 0.1) is 6.61 Å². The second kappa shape index (κ2) is 7.11. The average molecular weight is 254 g/mol. The van der Waals surface area contributed by atoms with Gasteiger partial charge in [-0.05, 0) is 31.0 Å². The fraction of sp³-hybridized carbons (Fsp3) is 0.692. The van der Waals surface area contributed by atoms with Crippen LogP contribution in [0, 0.1) is 0 Å². The minimum atomic E-state index is 0.852. The maximum atomic E-state index is 5.14. The Morgan fingerprint density at radius 3 is 2.82 bits per heavy atom. The predicted molar refractivity (Wildman–Crippen MR) is 72.5 cm³/mol. The van der Waals surface area contributed by atoms with Gasteiger partial charge in [0.15, 0.2) is 0 Å². The molecule has 0 N–H and O–H groups in total. The quantitative estimate of drug-likeness (QED) is 0.798. The molecule has 1 aromatic rings. The van der Waals surface area contributed by atoms with Crippen LogP contribution in [0.3, 0.4) is 0 Å². The third-order valence-corrected chi connectivity index (χ3v) is 4.11. The Labute approximate surface area is 108 Å². The lowest BCUT2D eigenvalue weighted by Crippen LogP contribution is -2.32. The molecule has 0 spiro atoms. The summed E-state index contributed by atoms with van der Waals surface area (Å²) in [5.41, 5.74) is 0. The maximum absolute atomic E-state index is 5.14. The van der Waals surface area contributed by atoms with Gasteiger partial charge in [-0.3, -0.25) is 9.80 Å². The van der Waals surface area contributed by atoms with Crippen molar-refractivity contribution < 1.29 is 4.74 Å². The lowest BCUT2D eigenvalue weighted by atomic mass is 10.3. The minimum Gasteiger partial charge on any atom is -0.383 e. The van der Waals surface area contributed by atoms with Gasteiger partial charge in [-0.1, -0.05) is 6.07 Å². The largest absolute Gasteiger partial charge is 0.383 e. The zero-order valence-corrected chi connectivity index (χ0v) is 11.4. The predicted octanol–water partition coefficient (Wildman–Crippen LogP) is 1.90. The van der Waals surface area contributed by atoms with E-state index < -0.39 is 0 Å². The normalized spacial score (nSPS) is 19.4. The summed E-state index contributed by atoms with van der Waals surface area (Å²) in [5, 5.41) is 2.16. The van der Waals surface area contributed by atoms with Crippen molar-refractivity contribution >= 4 is 11.3 Å². The van der Waals surface area contributed by atoms with Crippen LogP contribution in [0.25, 0.3) is 0 Å². The molecule has 0 saturated carbocycles. The van der Waals surface area contributed by atoms with Gasteiger partial charge in [0, 0.05) is 38.2 Å². The van der Waals surface area contributed by atoms with Crippen molar-refractivity contribution in [3.63, 3.8) is 0 Å². The molecule has 0 atom stereocenters. The SMILES string of the molecule is COCCN1CCCN(Cc2cccs2)CC1. The second-order valence-corrected chi connectivity index (χ2v) is 5.58. The molecule has 4 heteroatoms. The molecule has 1 saturated heterocycles. The fourth-order valence-electron chi connectivity index (χ4n) is 2.25. The van der Waals surface area contributed by atoms with Crippen LogP contribution in [0.2, 0.25) is 0 Å². The summed E-state index contributed by atoms with van der Waals surface area (Å²) >= 11 is 1.86. The van der Waals surface area contributed by atoms with Crippen molar-refractivity contribution in [3.05, 3.63) is 22.4 Å². The lowest BCUT2D eigenvalue weighted by Gasteiger charge is -2.21. The highest BCUT2D eigenvalue weighted by atomic mass is 32.1. The molecule has 96 valence electrons. The van der Waals surface area contributed by atoms with Crippen molar-refractivity contribution in [1.82, 2.24) is 9.80 Å². The maximum Gasteiger partial charge on any atom is 0.0589 e. The van der Waals surface area contributed by atoms with E-state index in [0.717, 1.165) is 19.7 Å². The van der Waals surface area contributed by atoms with Gasteiger partial charge < -0.3 is 4.74 Å². The molecule has 1 aliphatic heterocycles. The van der Waals surface area contributed by atoms with Crippen molar-refractivity contribution in [2.75, 3.05) is 46.4 Å².